The van der Waals surface area contributed by atoms with Gasteiger partial charge in [0.15, 0.2) is 0 Å². The van der Waals surface area contributed by atoms with Gasteiger partial charge in [-0.05, 0) is 30.5 Å². The fourth-order valence-corrected chi connectivity index (χ4v) is 3.18. The molecule has 0 spiro atoms. The molecule has 2 aromatic heterocycles. The van der Waals surface area contributed by atoms with Gasteiger partial charge in [-0.3, -0.25) is 0 Å². The van der Waals surface area contributed by atoms with E-state index in [1.54, 1.807) is 0 Å². The van der Waals surface area contributed by atoms with Gasteiger partial charge in [0.25, 0.3) is 0 Å². The molecule has 110 valence electrons. The van der Waals surface area contributed by atoms with Gasteiger partial charge in [0, 0.05) is 12.1 Å². The van der Waals surface area contributed by atoms with E-state index in [4.69, 9.17) is 23.4 Å². The first-order valence-electron chi connectivity index (χ1n) is 7.42. The number of aromatic nitrogens is 3. The number of ether oxygens (including phenoxy) is 1. The highest BCUT2D eigenvalue weighted by molar-refractivity contribution is 6.28. The molecule has 0 unspecified atom stereocenters. The van der Waals surface area contributed by atoms with Gasteiger partial charge in [0.05, 0.1) is 5.39 Å². The van der Waals surface area contributed by atoms with E-state index in [2.05, 4.69) is 29.2 Å². The molecule has 21 heavy (non-hydrogen) atoms. The molecule has 6 heteroatoms. The summed E-state index contributed by atoms with van der Waals surface area (Å²) < 4.78 is 15.3. The number of hydrogen-bond acceptors (Lipinski definition) is 4. The van der Waals surface area contributed by atoms with Crippen molar-refractivity contribution < 1.29 is 6.11 Å². The molecule has 3 atom stereocenters. The second-order valence-corrected chi connectivity index (χ2v) is 5.75. The predicted molar refractivity (Wildman–Crippen MR) is 82.7 cm³/mol. The van der Waals surface area contributed by atoms with Crippen molar-refractivity contribution in [2.45, 2.75) is 38.5 Å². The summed E-state index contributed by atoms with van der Waals surface area (Å²) >= 11 is 5.92. The molecule has 1 aliphatic rings. The van der Waals surface area contributed by atoms with Crippen LogP contribution in [0.25, 0.3) is 11.0 Å². The summed E-state index contributed by atoms with van der Waals surface area (Å²) in [5.74, 6) is 3.49. The van der Waals surface area contributed by atoms with E-state index >= 15 is 0 Å². The van der Waals surface area contributed by atoms with Crippen LogP contribution in [0.2, 0.25) is 5.28 Å². The third kappa shape index (κ3) is 2.06. The first-order chi connectivity index (χ1) is 10.5. The highest BCUT2D eigenvalue weighted by atomic mass is 35.5. The lowest BCUT2D eigenvalue weighted by atomic mass is 9.87. The summed E-state index contributed by atoms with van der Waals surface area (Å²) in [4.78, 5) is 8.23. The van der Waals surface area contributed by atoms with Crippen molar-refractivity contribution >= 4 is 28.5 Å². The van der Waals surface area contributed by atoms with Crippen LogP contribution in [-0.4, -0.2) is 20.1 Å². The van der Waals surface area contributed by atoms with Crippen molar-refractivity contribution in [3.63, 3.8) is 0 Å². The van der Waals surface area contributed by atoms with Crippen LogP contribution < -0.4 is 5.73 Å². The van der Waals surface area contributed by atoms with Gasteiger partial charge >= 0.3 is 0 Å². The van der Waals surface area contributed by atoms with E-state index < -0.39 is 5.60 Å². The molecule has 1 fully saturated rings. The zero-order valence-corrected chi connectivity index (χ0v) is 12.7. The van der Waals surface area contributed by atoms with Crippen LogP contribution in [0.3, 0.4) is 0 Å². The van der Waals surface area contributed by atoms with Crippen LogP contribution in [0.1, 0.15) is 34.3 Å². The van der Waals surface area contributed by atoms with Crippen molar-refractivity contribution in [3.05, 3.63) is 17.5 Å². The smallest absolute Gasteiger partial charge is 0.226 e. The normalized spacial score (nSPS) is 29.2. The maximum atomic E-state index is 7.21. The standard InChI is InChI=1S/C15H17ClN4O/c1-4-15(5-2)9(3)8-11(21-15)20-7-6-10-12(17)18-14(16)19-13(10)20/h1,6-7,9,11H,5,8H2,2-3H3,(H2,17,18,19)/t9-,11+,15+/m0/s1/i1D. The van der Waals surface area contributed by atoms with Crippen LogP contribution in [-0.2, 0) is 4.74 Å². The Morgan fingerprint density at radius 1 is 1.71 bits per heavy atom. The number of nitrogen functional groups attached to an aromatic ring is 1. The second kappa shape index (κ2) is 4.90. The van der Waals surface area contributed by atoms with Gasteiger partial charge in [0.1, 0.15) is 24.7 Å². The summed E-state index contributed by atoms with van der Waals surface area (Å²) in [7, 11) is 0. The minimum Gasteiger partial charge on any atom is -0.383 e. The zero-order chi connectivity index (χ0) is 15.9. The van der Waals surface area contributed by atoms with Gasteiger partial charge < -0.3 is 15.0 Å². The number of anilines is 1. The number of nitrogens with two attached hydrogens (primary N) is 1. The number of hydrogen-bond donors (Lipinski definition) is 1. The van der Waals surface area contributed by atoms with Crippen LogP contribution in [0.5, 0.6) is 0 Å². The maximum absolute atomic E-state index is 7.21. The van der Waals surface area contributed by atoms with E-state index in [1.807, 2.05) is 23.8 Å². The van der Waals surface area contributed by atoms with Crippen LogP contribution in [0.15, 0.2) is 12.3 Å². The van der Waals surface area contributed by atoms with Crippen molar-refractivity contribution in [2.24, 2.45) is 5.92 Å². The molecule has 2 aromatic rings. The molecule has 0 radical (unpaired) electrons. The maximum Gasteiger partial charge on any atom is 0.226 e. The third-order valence-electron chi connectivity index (χ3n) is 4.32. The topological polar surface area (TPSA) is 66.0 Å². The first-order valence-corrected chi connectivity index (χ1v) is 7.30. The van der Waals surface area contributed by atoms with Crippen LogP contribution >= 0.6 is 11.6 Å². The predicted octanol–water partition coefficient (Wildman–Crippen LogP) is 3.00. The van der Waals surface area contributed by atoms with Crippen molar-refractivity contribution in [1.82, 2.24) is 14.5 Å². The lowest BCUT2D eigenvalue weighted by molar-refractivity contribution is -0.0462. The third-order valence-corrected chi connectivity index (χ3v) is 4.49. The molecule has 0 saturated carbocycles. The average Bonchev–Trinajstić information content (AvgIpc) is 3.02. The molecule has 0 aliphatic carbocycles. The largest absolute Gasteiger partial charge is 0.383 e. The number of rotatable bonds is 2. The highest BCUT2D eigenvalue weighted by Gasteiger charge is 2.44. The minimum absolute atomic E-state index is 0.115. The van der Waals surface area contributed by atoms with Crippen molar-refractivity contribution in [2.75, 3.05) is 5.73 Å². The number of halogens is 1. The summed E-state index contributed by atoms with van der Waals surface area (Å²) in [5, 5.41) is 0.866. The fraction of sp³-hybridized carbons (Fsp3) is 0.467. The number of fused-ring (bicyclic) bond motifs is 1. The Bertz CT molecular complexity index is 781. The van der Waals surface area contributed by atoms with Gasteiger partial charge in [-0.25, -0.2) is 4.98 Å². The molecule has 1 saturated heterocycles. The number of nitrogens with zero attached hydrogens (tertiary/aromatic N) is 3. The average molecular weight is 306 g/mol. The van der Waals surface area contributed by atoms with E-state index in [9.17, 15) is 0 Å². The number of terminal acetylenes is 1. The Morgan fingerprint density at radius 3 is 3.24 bits per heavy atom. The Labute approximate surface area is 129 Å². The molecular weight excluding hydrogens is 288 g/mol. The summed E-state index contributed by atoms with van der Waals surface area (Å²) in [6.45, 7) is 4.11. The molecule has 0 amide bonds. The summed E-state index contributed by atoms with van der Waals surface area (Å²) in [6.07, 6.45) is 5.44. The van der Waals surface area contributed by atoms with Crippen molar-refractivity contribution in [1.29, 1.82) is 0 Å². The lowest BCUT2D eigenvalue weighted by Gasteiger charge is -2.26. The molecule has 5 nitrogen and oxygen atoms in total. The molecule has 3 rings (SSSR count). The monoisotopic (exact) mass is 305 g/mol. The zero-order valence-electron chi connectivity index (χ0n) is 12.9. The van der Waals surface area contributed by atoms with E-state index in [0.717, 1.165) is 18.2 Å². The van der Waals surface area contributed by atoms with E-state index in [1.165, 1.54) is 0 Å². The van der Waals surface area contributed by atoms with Gasteiger partial charge in [-0.2, -0.15) is 4.98 Å². The Kier molecular flexibility index (Phi) is 3.02. The molecule has 0 bridgehead atoms. The van der Waals surface area contributed by atoms with Crippen LogP contribution in [0, 0.1) is 18.2 Å². The summed E-state index contributed by atoms with van der Waals surface area (Å²) in [6, 6.07) is 1.86. The van der Waals surface area contributed by atoms with Gasteiger partial charge in [-0.1, -0.05) is 19.8 Å². The fourth-order valence-electron chi connectivity index (χ4n) is 3.00. The van der Waals surface area contributed by atoms with Crippen LogP contribution in [0.4, 0.5) is 5.82 Å². The molecular formula is C15H17ClN4O. The minimum atomic E-state index is -0.592. The Hall–Kier alpha value is -1.77. The van der Waals surface area contributed by atoms with Crippen molar-refractivity contribution in [3.8, 4) is 12.3 Å². The Morgan fingerprint density at radius 2 is 2.52 bits per heavy atom. The van der Waals surface area contributed by atoms with E-state index in [-0.39, 0.29) is 17.4 Å². The first kappa shape index (κ1) is 12.9. The SMILES string of the molecule is [2H]C#C[C@]1(CC)O[C@@H](n2ccc3c(N)nc(Cl)nc32)C[C@@H]1C. The lowest BCUT2D eigenvalue weighted by Crippen LogP contribution is -2.31. The second-order valence-electron chi connectivity index (χ2n) is 5.42. The van der Waals surface area contributed by atoms with Gasteiger partial charge in [0.2, 0.25) is 5.28 Å². The summed E-state index contributed by atoms with van der Waals surface area (Å²) in [5.41, 5.74) is 5.95. The molecule has 0 aromatic carbocycles. The molecule has 3 heterocycles. The highest BCUT2D eigenvalue weighted by Crippen LogP contribution is 2.43. The van der Waals surface area contributed by atoms with Gasteiger partial charge in [-0.15, -0.1) is 6.40 Å². The molecule has 2 N–H and O–H groups in total. The molecule has 1 aliphatic heterocycles. The quantitative estimate of drug-likeness (QED) is 0.684. The van der Waals surface area contributed by atoms with E-state index in [0.29, 0.717) is 11.5 Å². The Balaban J connectivity index is 2.04.